The molecule has 10 nitrogen and oxygen atoms in total. The topological polar surface area (TPSA) is 144 Å². The number of nitrogens with zero attached hydrogens (tertiary/aromatic N) is 2. The van der Waals surface area contributed by atoms with Crippen LogP contribution in [0.5, 0.6) is 0 Å². The van der Waals surface area contributed by atoms with Crippen LogP contribution in [-0.4, -0.2) is 31.5 Å². The number of hydrazone groups is 1. The first-order chi connectivity index (χ1) is 16.1. The first kappa shape index (κ1) is 24.8. The second kappa shape index (κ2) is 10.4. The van der Waals surface area contributed by atoms with Crippen molar-refractivity contribution in [3.05, 3.63) is 82.1 Å². The summed E-state index contributed by atoms with van der Waals surface area (Å²) in [6, 6.07) is 14.4. The number of sulfonamides is 1. The fourth-order valence-electron chi connectivity index (χ4n) is 3.02. The molecule has 0 radical (unpaired) electrons. The molecule has 0 aliphatic heterocycles. The quantitative estimate of drug-likeness (QED) is 0.270. The van der Waals surface area contributed by atoms with Crippen LogP contribution in [0.2, 0.25) is 0 Å². The zero-order valence-corrected chi connectivity index (χ0v) is 19.6. The molecule has 11 heteroatoms. The average Bonchev–Trinajstić information content (AvgIpc) is 3.26. The van der Waals surface area contributed by atoms with E-state index in [1.165, 1.54) is 30.5 Å². The van der Waals surface area contributed by atoms with Gasteiger partial charge in [0.15, 0.2) is 0 Å². The molecule has 0 fully saturated rings. The van der Waals surface area contributed by atoms with Crippen LogP contribution in [-0.2, 0) is 14.8 Å². The summed E-state index contributed by atoms with van der Waals surface area (Å²) in [5.41, 5.74) is 3.69. The van der Waals surface area contributed by atoms with E-state index in [9.17, 15) is 23.3 Å². The van der Waals surface area contributed by atoms with Gasteiger partial charge in [-0.05, 0) is 37.1 Å². The highest BCUT2D eigenvalue weighted by Crippen LogP contribution is 2.25. The predicted molar refractivity (Wildman–Crippen MR) is 127 cm³/mol. The van der Waals surface area contributed by atoms with Crippen LogP contribution in [0.4, 0.5) is 5.69 Å². The van der Waals surface area contributed by atoms with Crippen molar-refractivity contribution in [2.24, 2.45) is 11.0 Å². The number of carbonyl (C=O) groups is 1. The van der Waals surface area contributed by atoms with Gasteiger partial charge in [0.05, 0.1) is 16.0 Å². The van der Waals surface area contributed by atoms with Gasteiger partial charge in [0, 0.05) is 17.7 Å². The molecule has 0 bridgehead atoms. The zero-order chi connectivity index (χ0) is 24.9. The van der Waals surface area contributed by atoms with Gasteiger partial charge in [-0.25, -0.2) is 13.8 Å². The number of nitro benzene ring substituents is 1. The Morgan fingerprint density at radius 3 is 2.47 bits per heavy atom. The number of amides is 1. The van der Waals surface area contributed by atoms with Gasteiger partial charge in [-0.3, -0.25) is 14.9 Å². The highest BCUT2D eigenvalue weighted by molar-refractivity contribution is 7.89. The molecule has 1 heterocycles. The van der Waals surface area contributed by atoms with Gasteiger partial charge in [0.2, 0.25) is 10.0 Å². The molecule has 0 aliphatic carbocycles. The molecule has 0 saturated carbocycles. The number of carbonyl (C=O) groups excluding carboxylic acids is 1. The van der Waals surface area contributed by atoms with Crippen molar-refractivity contribution in [1.82, 2.24) is 10.1 Å². The predicted octanol–water partition coefficient (Wildman–Crippen LogP) is 3.62. The van der Waals surface area contributed by atoms with Crippen LogP contribution in [0.1, 0.15) is 25.2 Å². The van der Waals surface area contributed by atoms with Gasteiger partial charge in [0.25, 0.3) is 11.6 Å². The molecule has 0 unspecified atom stereocenters. The Balaban J connectivity index is 1.67. The molecule has 34 heavy (non-hydrogen) atoms. The summed E-state index contributed by atoms with van der Waals surface area (Å²) in [5, 5.41) is 14.8. The fraction of sp³-hybridized carbons (Fsp3) is 0.217. The van der Waals surface area contributed by atoms with Crippen molar-refractivity contribution in [2.75, 3.05) is 0 Å². The highest BCUT2D eigenvalue weighted by Gasteiger charge is 2.28. The Kier molecular flexibility index (Phi) is 7.59. The number of aryl methyl sites for hydroxylation is 1. The van der Waals surface area contributed by atoms with E-state index in [-0.39, 0.29) is 16.5 Å². The van der Waals surface area contributed by atoms with Crippen molar-refractivity contribution in [2.45, 2.75) is 31.7 Å². The number of hydrogen-bond acceptors (Lipinski definition) is 7. The number of furan rings is 1. The molecule has 0 spiro atoms. The molecular formula is C23H24N4O6S. The molecule has 1 atom stereocenters. The van der Waals surface area contributed by atoms with Crippen LogP contribution in [0.15, 0.2) is 75.1 Å². The van der Waals surface area contributed by atoms with Crippen LogP contribution in [0.25, 0.3) is 11.3 Å². The monoisotopic (exact) mass is 484 g/mol. The maximum absolute atomic E-state index is 12.7. The Bertz CT molecular complexity index is 1310. The third-order valence-corrected chi connectivity index (χ3v) is 6.35. The third kappa shape index (κ3) is 6.15. The lowest BCUT2D eigenvalue weighted by Crippen LogP contribution is -2.48. The number of rotatable bonds is 9. The Labute approximate surface area is 196 Å². The summed E-state index contributed by atoms with van der Waals surface area (Å²) in [6.45, 7) is 5.27. The smallest absolute Gasteiger partial charge is 0.270 e. The second-order valence-electron chi connectivity index (χ2n) is 7.90. The van der Waals surface area contributed by atoms with E-state index < -0.39 is 26.9 Å². The largest absolute Gasteiger partial charge is 0.455 e. The summed E-state index contributed by atoms with van der Waals surface area (Å²) >= 11 is 0. The summed E-state index contributed by atoms with van der Waals surface area (Å²) in [6.07, 6.45) is 1.25. The Hall–Kier alpha value is -3.83. The first-order valence-electron chi connectivity index (χ1n) is 10.3. The molecule has 1 aromatic heterocycles. The molecule has 1 amide bonds. The van der Waals surface area contributed by atoms with Gasteiger partial charge in [-0.1, -0.05) is 43.7 Å². The van der Waals surface area contributed by atoms with Gasteiger partial charge in [-0.15, -0.1) is 0 Å². The SMILES string of the molecule is Cc1ccc(S(=O)(=O)N[C@@H](C(=O)N/N=C\c2ccc(-c3cccc([N+](=O)[O-])c3)o2)C(C)C)cc1. The van der Waals surface area contributed by atoms with Crippen LogP contribution >= 0.6 is 0 Å². The van der Waals surface area contributed by atoms with E-state index in [4.69, 9.17) is 4.42 Å². The molecule has 178 valence electrons. The minimum Gasteiger partial charge on any atom is -0.455 e. The van der Waals surface area contributed by atoms with Crippen molar-refractivity contribution in [3.63, 3.8) is 0 Å². The van der Waals surface area contributed by atoms with Gasteiger partial charge >= 0.3 is 0 Å². The van der Waals surface area contributed by atoms with Crippen molar-refractivity contribution in [3.8, 4) is 11.3 Å². The number of benzene rings is 2. The van der Waals surface area contributed by atoms with Crippen LogP contribution < -0.4 is 10.1 Å². The van der Waals surface area contributed by atoms with Gasteiger partial charge < -0.3 is 4.42 Å². The molecule has 0 saturated heterocycles. The summed E-state index contributed by atoms with van der Waals surface area (Å²) in [4.78, 5) is 23.1. The standard InChI is InChI=1S/C23H24N4O6S/c1-15(2)22(26-34(31,32)20-10-7-16(3)8-11-20)23(28)25-24-14-19-9-12-21(33-19)17-5-4-6-18(13-17)27(29)30/h4-15,22,26H,1-3H3,(H,25,28)/b24-14-/t22-/m1/s1. The summed E-state index contributed by atoms with van der Waals surface area (Å²) < 4.78 is 33.4. The van der Waals surface area contributed by atoms with E-state index in [2.05, 4.69) is 15.2 Å². The number of nitro groups is 1. The first-order valence-corrected chi connectivity index (χ1v) is 11.8. The molecule has 3 aromatic rings. The number of nitrogens with one attached hydrogen (secondary N) is 2. The van der Waals surface area contributed by atoms with Crippen molar-refractivity contribution >= 4 is 27.8 Å². The van der Waals surface area contributed by atoms with E-state index in [0.29, 0.717) is 17.1 Å². The second-order valence-corrected chi connectivity index (χ2v) is 9.61. The van der Waals surface area contributed by atoms with Crippen molar-refractivity contribution in [1.29, 1.82) is 0 Å². The Morgan fingerprint density at radius 2 is 1.82 bits per heavy atom. The lowest BCUT2D eigenvalue weighted by molar-refractivity contribution is -0.384. The molecule has 3 rings (SSSR count). The zero-order valence-electron chi connectivity index (χ0n) is 18.8. The third-order valence-electron chi connectivity index (χ3n) is 4.90. The highest BCUT2D eigenvalue weighted by atomic mass is 32.2. The fourth-order valence-corrected chi connectivity index (χ4v) is 4.37. The van der Waals surface area contributed by atoms with E-state index in [1.807, 2.05) is 6.92 Å². The molecule has 2 N–H and O–H groups in total. The maximum atomic E-state index is 12.7. The maximum Gasteiger partial charge on any atom is 0.270 e. The van der Waals surface area contributed by atoms with E-state index in [0.717, 1.165) is 5.56 Å². The molecule has 2 aromatic carbocycles. The van der Waals surface area contributed by atoms with Gasteiger partial charge in [-0.2, -0.15) is 9.82 Å². The van der Waals surface area contributed by atoms with E-state index >= 15 is 0 Å². The molecular weight excluding hydrogens is 460 g/mol. The minimum absolute atomic E-state index is 0.0596. The lowest BCUT2D eigenvalue weighted by Gasteiger charge is -2.20. The van der Waals surface area contributed by atoms with Gasteiger partial charge in [0.1, 0.15) is 17.6 Å². The number of non-ortho nitro benzene ring substituents is 1. The lowest BCUT2D eigenvalue weighted by atomic mass is 10.1. The van der Waals surface area contributed by atoms with Crippen molar-refractivity contribution < 1.29 is 22.6 Å². The summed E-state index contributed by atoms with van der Waals surface area (Å²) in [5.74, 6) is -0.294. The number of hydrogen-bond donors (Lipinski definition) is 2. The normalized spacial score (nSPS) is 12.7. The Morgan fingerprint density at radius 1 is 1.12 bits per heavy atom. The van der Waals surface area contributed by atoms with Crippen LogP contribution in [0, 0.1) is 23.0 Å². The average molecular weight is 485 g/mol. The minimum atomic E-state index is -3.91. The molecule has 0 aliphatic rings. The van der Waals surface area contributed by atoms with Crippen LogP contribution in [0.3, 0.4) is 0 Å². The summed E-state index contributed by atoms with van der Waals surface area (Å²) in [7, 11) is -3.91. The van der Waals surface area contributed by atoms with E-state index in [1.54, 1.807) is 50.2 Å².